The summed E-state index contributed by atoms with van der Waals surface area (Å²) in [5.41, 5.74) is 3.71. The fourth-order valence-corrected chi connectivity index (χ4v) is 1.90. The molecule has 0 fully saturated rings. The van der Waals surface area contributed by atoms with Gasteiger partial charge in [0.1, 0.15) is 6.61 Å². The molecular formula is C17H18N2O5. The third kappa shape index (κ3) is 4.64. The number of amides is 1. The minimum atomic E-state index is -0.673. The molecule has 0 saturated carbocycles. The Bertz CT molecular complexity index is 691. The Morgan fingerprint density at radius 1 is 1.17 bits per heavy atom. The van der Waals surface area contributed by atoms with Crippen LogP contribution in [0.4, 0.5) is 4.79 Å². The number of phenols is 1. The molecule has 1 amide bonds. The third-order valence-corrected chi connectivity index (χ3v) is 3.08. The number of carbonyl (C=O) groups excluding carboxylic acids is 1. The molecule has 2 N–H and O–H groups in total. The lowest BCUT2D eigenvalue weighted by Gasteiger charge is -2.09. The van der Waals surface area contributed by atoms with Crippen molar-refractivity contribution >= 4 is 12.3 Å². The number of rotatable bonds is 6. The summed E-state index contributed by atoms with van der Waals surface area (Å²) in [6.07, 6.45) is 0.710. The highest BCUT2D eigenvalue weighted by atomic mass is 16.6. The molecule has 0 radical (unpaired) electrons. The number of nitrogens with one attached hydrogen (secondary N) is 1. The average molecular weight is 330 g/mol. The van der Waals surface area contributed by atoms with Crippen LogP contribution in [0.5, 0.6) is 17.2 Å². The fourth-order valence-electron chi connectivity index (χ4n) is 1.90. The monoisotopic (exact) mass is 330 g/mol. The van der Waals surface area contributed by atoms with Gasteiger partial charge >= 0.3 is 6.09 Å². The lowest BCUT2D eigenvalue weighted by molar-refractivity contribution is 0.140. The van der Waals surface area contributed by atoms with E-state index in [1.165, 1.54) is 20.4 Å². The highest BCUT2D eigenvalue weighted by Crippen LogP contribution is 2.36. The van der Waals surface area contributed by atoms with Gasteiger partial charge in [0.2, 0.25) is 5.75 Å². The van der Waals surface area contributed by atoms with Crippen molar-refractivity contribution in [2.24, 2.45) is 5.10 Å². The Kier molecular flexibility index (Phi) is 6.01. The molecule has 2 aromatic carbocycles. The first-order valence-electron chi connectivity index (χ1n) is 7.08. The predicted molar refractivity (Wildman–Crippen MR) is 88.6 cm³/mol. The molecule has 0 heterocycles. The van der Waals surface area contributed by atoms with Gasteiger partial charge in [-0.15, -0.1) is 0 Å². The van der Waals surface area contributed by atoms with Crippen molar-refractivity contribution in [2.45, 2.75) is 6.61 Å². The molecule has 2 rings (SSSR count). The van der Waals surface area contributed by atoms with Crippen LogP contribution in [0.15, 0.2) is 47.6 Å². The molecule has 0 atom stereocenters. The maximum Gasteiger partial charge on any atom is 0.428 e. The van der Waals surface area contributed by atoms with E-state index in [0.29, 0.717) is 5.56 Å². The van der Waals surface area contributed by atoms with Crippen LogP contribution >= 0.6 is 0 Å². The zero-order valence-corrected chi connectivity index (χ0v) is 13.4. The maximum absolute atomic E-state index is 11.6. The molecule has 0 unspecified atom stereocenters. The van der Waals surface area contributed by atoms with Crippen molar-refractivity contribution in [3.8, 4) is 17.2 Å². The van der Waals surface area contributed by atoms with Gasteiger partial charge in [-0.3, -0.25) is 0 Å². The van der Waals surface area contributed by atoms with Crippen LogP contribution in [0.2, 0.25) is 0 Å². The van der Waals surface area contributed by atoms with Crippen molar-refractivity contribution < 1.29 is 24.1 Å². The van der Waals surface area contributed by atoms with Gasteiger partial charge in [0.25, 0.3) is 0 Å². The molecule has 0 saturated heterocycles. The standard InChI is InChI=1S/C17H18N2O5/c1-22-14-8-13(9-15(23-2)16(14)20)10-18-19-17(21)24-11-12-6-4-3-5-7-12/h3-10,20H,11H2,1-2H3,(H,19,21)/b18-10+. The summed E-state index contributed by atoms with van der Waals surface area (Å²) in [4.78, 5) is 11.6. The van der Waals surface area contributed by atoms with Gasteiger partial charge in [-0.2, -0.15) is 5.10 Å². The number of carbonyl (C=O) groups is 1. The van der Waals surface area contributed by atoms with Gasteiger partial charge < -0.3 is 19.3 Å². The molecule has 0 aliphatic heterocycles. The number of hydrogen-bond donors (Lipinski definition) is 2. The fraction of sp³-hybridized carbons (Fsp3) is 0.176. The minimum Gasteiger partial charge on any atom is -0.502 e. The first-order valence-corrected chi connectivity index (χ1v) is 7.08. The van der Waals surface area contributed by atoms with E-state index in [2.05, 4.69) is 10.5 Å². The molecule has 0 spiro atoms. The van der Waals surface area contributed by atoms with Crippen molar-refractivity contribution in [3.05, 3.63) is 53.6 Å². The van der Waals surface area contributed by atoms with Crippen molar-refractivity contribution in [1.29, 1.82) is 0 Å². The first-order chi connectivity index (χ1) is 11.6. The molecule has 0 aliphatic carbocycles. The number of nitrogens with zero attached hydrogens (tertiary/aromatic N) is 1. The van der Waals surface area contributed by atoms with Gasteiger partial charge in [0.15, 0.2) is 11.5 Å². The molecule has 7 heteroatoms. The number of ether oxygens (including phenoxy) is 3. The van der Waals surface area contributed by atoms with Crippen molar-refractivity contribution in [1.82, 2.24) is 5.43 Å². The van der Waals surface area contributed by atoms with E-state index < -0.39 is 6.09 Å². The van der Waals surface area contributed by atoms with Crippen LogP contribution in [0, 0.1) is 0 Å². The largest absolute Gasteiger partial charge is 0.502 e. The van der Waals surface area contributed by atoms with Gasteiger partial charge in [0, 0.05) is 5.56 Å². The van der Waals surface area contributed by atoms with Crippen LogP contribution in [0.25, 0.3) is 0 Å². The minimum absolute atomic E-state index is 0.104. The van der Waals surface area contributed by atoms with E-state index in [-0.39, 0.29) is 23.9 Å². The second-order valence-electron chi connectivity index (χ2n) is 4.71. The summed E-state index contributed by atoms with van der Waals surface area (Å²) < 4.78 is 15.1. The van der Waals surface area contributed by atoms with E-state index in [1.807, 2.05) is 30.3 Å². The topological polar surface area (TPSA) is 89.4 Å². The zero-order valence-electron chi connectivity index (χ0n) is 13.4. The summed E-state index contributed by atoms with van der Waals surface area (Å²) in [6.45, 7) is 0.156. The second kappa shape index (κ2) is 8.42. The van der Waals surface area contributed by atoms with Gasteiger partial charge in [-0.25, -0.2) is 10.2 Å². The Balaban J connectivity index is 1.92. The molecule has 0 bridgehead atoms. The lowest BCUT2D eigenvalue weighted by atomic mass is 10.2. The predicted octanol–water partition coefficient (Wildman–Crippen LogP) is 2.67. The van der Waals surface area contributed by atoms with Crippen LogP contribution in [-0.4, -0.2) is 31.6 Å². The number of hydrogen-bond acceptors (Lipinski definition) is 6. The number of methoxy groups -OCH3 is 2. The van der Waals surface area contributed by atoms with E-state index in [0.717, 1.165) is 5.56 Å². The van der Waals surface area contributed by atoms with Crippen LogP contribution in [-0.2, 0) is 11.3 Å². The van der Waals surface area contributed by atoms with Crippen LogP contribution in [0.1, 0.15) is 11.1 Å². The van der Waals surface area contributed by atoms with Gasteiger partial charge in [-0.1, -0.05) is 30.3 Å². The molecule has 2 aromatic rings. The summed E-state index contributed by atoms with van der Waals surface area (Å²) >= 11 is 0. The number of benzene rings is 2. The molecule has 24 heavy (non-hydrogen) atoms. The lowest BCUT2D eigenvalue weighted by Crippen LogP contribution is -2.18. The summed E-state index contributed by atoms with van der Waals surface area (Å²) in [7, 11) is 2.85. The first kappa shape index (κ1) is 17.1. The third-order valence-electron chi connectivity index (χ3n) is 3.08. The van der Waals surface area contributed by atoms with Gasteiger partial charge in [0.05, 0.1) is 20.4 Å². The number of aromatic hydroxyl groups is 1. The highest BCUT2D eigenvalue weighted by molar-refractivity contribution is 5.83. The molecule has 0 aromatic heterocycles. The SMILES string of the molecule is COc1cc(/C=N/NC(=O)OCc2ccccc2)cc(OC)c1O. The number of hydrazone groups is 1. The Morgan fingerprint density at radius 2 is 1.79 bits per heavy atom. The molecule has 126 valence electrons. The molecule has 0 aliphatic rings. The number of phenolic OH excluding ortho intramolecular Hbond substituents is 1. The smallest absolute Gasteiger partial charge is 0.428 e. The highest BCUT2D eigenvalue weighted by Gasteiger charge is 2.10. The van der Waals surface area contributed by atoms with E-state index in [1.54, 1.807) is 12.1 Å². The second-order valence-corrected chi connectivity index (χ2v) is 4.71. The maximum atomic E-state index is 11.6. The molecule has 7 nitrogen and oxygen atoms in total. The summed E-state index contributed by atoms with van der Waals surface area (Å²) in [6, 6.07) is 12.4. The molecular weight excluding hydrogens is 312 g/mol. The Labute approximate surface area is 139 Å². The summed E-state index contributed by atoms with van der Waals surface area (Å²) in [5, 5.41) is 13.6. The Morgan fingerprint density at radius 3 is 2.38 bits per heavy atom. The zero-order chi connectivity index (χ0) is 17.4. The van der Waals surface area contributed by atoms with Crippen LogP contribution < -0.4 is 14.9 Å². The van der Waals surface area contributed by atoms with Crippen molar-refractivity contribution in [3.63, 3.8) is 0 Å². The Hall–Kier alpha value is -3.22. The van der Waals surface area contributed by atoms with E-state index >= 15 is 0 Å². The summed E-state index contributed by atoms with van der Waals surface area (Å²) in [5.74, 6) is 0.372. The van der Waals surface area contributed by atoms with Crippen molar-refractivity contribution in [2.75, 3.05) is 14.2 Å². The normalized spacial score (nSPS) is 10.4. The van der Waals surface area contributed by atoms with E-state index in [9.17, 15) is 9.90 Å². The average Bonchev–Trinajstić information content (AvgIpc) is 2.62. The quantitative estimate of drug-likeness (QED) is 0.628. The van der Waals surface area contributed by atoms with Crippen LogP contribution in [0.3, 0.4) is 0 Å². The van der Waals surface area contributed by atoms with Gasteiger partial charge in [-0.05, 0) is 17.7 Å². The van der Waals surface area contributed by atoms with E-state index in [4.69, 9.17) is 14.2 Å².